The molecule has 0 saturated carbocycles. The molecule has 0 aromatic carbocycles. The van der Waals surface area contributed by atoms with Crippen molar-refractivity contribution < 1.29 is 14.6 Å². The van der Waals surface area contributed by atoms with Crippen LogP contribution in [0.15, 0.2) is 0 Å². The quantitative estimate of drug-likeness (QED) is 0.737. The largest absolute Gasteiger partial charge is 0.444 e. The number of nitrogens with zero attached hydrogens (tertiary/aromatic N) is 1. The normalized spacial score (nSPS) is 13.4. The van der Waals surface area contributed by atoms with Gasteiger partial charge in [-0.1, -0.05) is 6.92 Å². The molecule has 0 bridgehead atoms. The molecular formula is C11H24N2O3. The summed E-state index contributed by atoms with van der Waals surface area (Å²) in [5.41, 5.74) is -0.502. The van der Waals surface area contributed by atoms with E-state index in [-0.39, 0.29) is 6.54 Å². The Kier molecular flexibility index (Phi) is 6.36. The molecule has 5 nitrogen and oxygen atoms in total. The molecule has 0 saturated heterocycles. The van der Waals surface area contributed by atoms with Crippen molar-refractivity contribution in [3.8, 4) is 0 Å². The summed E-state index contributed by atoms with van der Waals surface area (Å²) in [7, 11) is 1.61. The summed E-state index contributed by atoms with van der Waals surface area (Å²) in [6.07, 6.45) is -0.986. The monoisotopic (exact) mass is 232 g/mol. The highest BCUT2D eigenvalue weighted by Gasteiger charge is 2.20. The molecule has 0 heterocycles. The maximum absolute atomic E-state index is 11.5. The van der Waals surface area contributed by atoms with Crippen molar-refractivity contribution in [2.75, 3.05) is 26.7 Å². The minimum atomic E-state index is -0.572. The number of amides is 1. The van der Waals surface area contributed by atoms with Gasteiger partial charge in [0.05, 0.1) is 12.6 Å². The molecule has 0 aliphatic heterocycles. The molecular weight excluding hydrogens is 208 g/mol. The van der Waals surface area contributed by atoms with Crippen molar-refractivity contribution in [1.29, 1.82) is 0 Å². The van der Waals surface area contributed by atoms with E-state index in [2.05, 4.69) is 5.32 Å². The van der Waals surface area contributed by atoms with Crippen LogP contribution >= 0.6 is 0 Å². The fourth-order valence-corrected chi connectivity index (χ4v) is 1.11. The predicted octanol–water partition coefficient (Wildman–Crippen LogP) is 0.824. The first-order valence-electron chi connectivity index (χ1n) is 5.59. The molecule has 0 aromatic rings. The van der Waals surface area contributed by atoms with Crippen LogP contribution in [-0.2, 0) is 4.74 Å². The molecule has 0 aromatic heterocycles. The molecule has 2 N–H and O–H groups in total. The van der Waals surface area contributed by atoms with Crippen LogP contribution in [-0.4, -0.2) is 54.5 Å². The van der Waals surface area contributed by atoms with E-state index in [1.165, 1.54) is 4.90 Å². The number of hydrogen-bond acceptors (Lipinski definition) is 4. The Hall–Kier alpha value is -0.810. The molecule has 16 heavy (non-hydrogen) atoms. The number of carbonyl (C=O) groups is 1. The third-order valence-electron chi connectivity index (χ3n) is 1.82. The highest BCUT2D eigenvalue weighted by Crippen LogP contribution is 2.09. The Morgan fingerprint density at radius 2 is 2.06 bits per heavy atom. The van der Waals surface area contributed by atoms with Crippen LogP contribution in [0.5, 0.6) is 0 Å². The van der Waals surface area contributed by atoms with Crippen molar-refractivity contribution in [3.63, 3.8) is 0 Å². The lowest BCUT2D eigenvalue weighted by Gasteiger charge is -2.26. The Balaban J connectivity index is 3.95. The molecule has 5 heteroatoms. The number of aliphatic hydroxyl groups excluding tert-OH is 1. The van der Waals surface area contributed by atoms with E-state index in [0.29, 0.717) is 6.54 Å². The minimum Gasteiger partial charge on any atom is -0.444 e. The van der Waals surface area contributed by atoms with Crippen LogP contribution in [0.1, 0.15) is 27.7 Å². The van der Waals surface area contributed by atoms with Crippen molar-refractivity contribution in [2.45, 2.75) is 39.4 Å². The molecule has 0 spiro atoms. The first kappa shape index (κ1) is 15.2. The fourth-order valence-electron chi connectivity index (χ4n) is 1.11. The summed E-state index contributed by atoms with van der Waals surface area (Å²) in [6, 6.07) is 0. The van der Waals surface area contributed by atoms with Crippen LogP contribution < -0.4 is 5.32 Å². The number of hydrogen-bond donors (Lipinski definition) is 2. The number of ether oxygens (including phenoxy) is 1. The lowest BCUT2D eigenvalue weighted by Crippen LogP contribution is -2.41. The van der Waals surface area contributed by atoms with E-state index in [1.807, 2.05) is 27.7 Å². The van der Waals surface area contributed by atoms with E-state index >= 15 is 0 Å². The lowest BCUT2D eigenvalue weighted by atomic mass is 10.2. The Bertz CT molecular complexity index is 214. The summed E-state index contributed by atoms with van der Waals surface area (Å²) in [5, 5.41) is 12.6. The first-order valence-corrected chi connectivity index (χ1v) is 5.59. The second kappa shape index (κ2) is 6.70. The molecule has 0 fully saturated rings. The van der Waals surface area contributed by atoms with Gasteiger partial charge in [0, 0.05) is 13.6 Å². The maximum atomic E-state index is 11.5. The molecule has 0 radical (unpaired) electrons. The third-order valence-corrected chi connectivity index (χ3v) is 1.82. The Morgan fingerprint density at radius 3 is 2.50 bits per heavy atom. The third kappa shape index (κ3) is 7.48. The highest BCUT2D eigenvalue weighted by atomic mass is 16.6. The first-order chi connectivity index (χ1) is 7.26. The molecule has 0 aliphatic carbocycles. The zero-order valence-corrected chi connectivity index (χ0v) is 10.9. The van der Waals surface area contributed by atoms with E-state index in [1.54, 1.807) is 7.05 Å². The number of nitrogens with one attached hydrogen (secondary N) is 1. The van der Waals surface area contributed by atoms with Crippen LogP contribution in [0.25, 0.3) is 0 Å². The molecule has 0 rings (SSSR count). The number of carbonyl (C=O) groups excluding carboxylic acids is 1. The van der Waals surface area contributed by atoms with Crippen molar-refractivity contribution in [2.24, 2.45) is 0 Å². The second-order valence-electron chi connectivity index (χ2n) is 4.82. The van der Waals surface area contributed by atoms with E-state index in [9.17, 15) is 9.90 Å². The molecule has 96 valence electrons. The average Bonchev–Trinajstić information content (AvgIpc) is 2.11. The van der Waals surface area contributed by atoms with Gasteiger partial charge in [-0.2, -0.15) is 0 Å². The summed E-state index contributed by atoms with van der Waals surface area (Å²) >= 11 is 0. The van der Waals surface area contributed by atoms with E-state index in [4.69, 9.17) is 4.74 Å². The molecule has 1 amide bonds. The van der Waals surface area contributed by atoms with Gasteiger partial charge < -0.3 is 20.1 Å². The van der Waals surface area contributed by atoms with Crippen LogP contribution in [0.2, 0.25) is 0 Å². The highest BCUT2D eigenvalue weighted by molar-refractivity contribution is 5.67. The standard InChI is InChI=1S/C11H24N2O3/c1-6-12-7-9(14)8-13(5)10(15)16-11(2,3)4/h9,12,14H,6-8H2,1-5H3/t9-/m1/s1. The van der Waals surface area contributed by atoms with Gasteiger partial charge in [-0.05, 0) is 27.3 Å². The van der Waals surface area contributed by atoms with Gasteiger partial charge in [0.2, 0.25) is 0 Å². The smallest absolute Gasteiger partial charge is 0.410 e. The molecule has 0 aliphatic rings. The maximum Gasteiger partial charge on any atom is 0.410 e. The van der Waals surface area contributed by atoms with Gasteiger partial charge in [-0.15, -0.1) is 0 Å². The van der Waals surface area contributed by atoms with Crippen molar-refractivity contribution in [1.82, 2.24) is 10.2 Å². The van der Waals surface area contributed by atoms with Crippen LogP contribution in [0, 0.1) is 0 Å². The van der Waals surface area contributed by atoms with Crippen LogP contribution in [0.4, 0.5) is 4.79 Å². The van der Waals surface area contributed by atoms with Crippen molar-refractivity contribution in [3.05, 3.63) is 0 Å². The van der Waals surface area contributed by atoms with Gasteiger partial charge >= 0.3 is 6.09 Å². The minimum absolute atomic E-state index is 0.266. The number of aliphatic hydroxyl groups is 1. The summed E-state index contributed by atoms with van der Waals surface area (Å²) in [6.45, 7) is 8.94. The van der Waals surface area contributed by atoms with Gasteiger partial charge in [-0.25, -0.2) is 4.79 Å². The van der Waals surface area contributed by atoms with Gasteiger partial charge in [0.1, 0.15) is 5.60 Å². The summed E-state index contributed by atoms with van der Waals surface area (Å²) in [4.78, 5) is 12.9. The van der Waals surface area contributed by atoms with E-state index in [0.717, 1.165) is 6.54 Å². The Labute approximate surface area is 97.8 Å². The van der Waals surface area contributed by atoms with Crippen molar-refractivity contribution >= 4 is 6.09 Å². The van der Waals surface area contributed by atoms with Crippen LogP contribution in [0.3, 0.4) is 0 Å². The SMILES string of the molecule is CCNC[C@@H](O)CN(C)C(=O)OC(C)(C)C. The zero-order chi connectivity index (χ0) is 12.8. The van der Waals surface area contributed by atoms with Gasteiger partial charge in [0.15, 0.2) is 0 Å². The average molecular weight is 232 g/mol. The van der Waals surface area contributed by atoms with Gasteiger partial charge in [0.25, 0.3) is 0 Å². The van der Waals surface area contributed by atoms with E-state index < -0.39 is 17.8 Å². The van der Waals surface area contributed by atoms with Gasteiger partial charge in [-0.3, -0.25) is 0 Å². The number of likely N-dealkylation sites (N-methyl/N-ethyl adjacent to an activating group) is 2. The summed E-state index contributed by atoms with van der Waals surface area (Å²) < 4.78 is 5.16. The molecule has 1 atom stereocenters. The second-order valence-corrected chi connectivity index (χ2v) is 4.82. The summed E-state index contributed by atoms with van der Waals surface area (Å²) in [5.74, 6) is 0. The topological polar surface area (TPSA) is 61.8 Å². The lowest BCUT2D eigenvalue weighted by molar-refractivity contribution is 0.0208. The molecule has 0 unspecified atom stereocenters. The zero-order valence-electron chi connectivity index (χ0n) is 10.9. The fraction of sp³-hybridized carbons (Fsp3) is 0.909. The predicted molar refractivity (Wildman–Crippen MR) is 63.4 cm³/mol. The number of rotatable bonds is 5. The Morgan fingerprint density at radius 1 is 1.50 bits per heavy atom.